The van der Waals surface area contributed by atoms with Crippen LogP contribution >= 0.6 is 0 Å². The molecule has 3 aliphatic rings. The zero-order valence-corrected chi connectivity index (χ0v) is 6.76. The number of allylic oxidation sites excluding steroid dienone is 1. The summed E-state index contributed by atoms with van der Waals surface area (Å²) in [6, 6.07) is 0. The molecular formula is C8H11NO2. The second kappa shape index (κ2) is 2.19. The Balaban J connectivity index is 2.30. The maximum absolute atomic E-state index is 5.18. The molecule has 0 spiro atoms. The lowest BCUT2D eigenvalue weighted by Crippen LogP contribution is -2.43. The molecule has 0 aromatic heterocycles. The van der Waals surface area contributed by atoms with Gasteiger partial charge in [0.1, 0.15) is 0 Å². The third-order valence-electron chi connectivity index (χ3n) is 2.03. The third kappa shape index (κ3) is 0.803. The van der Waals surface area contributed by atoms with Gasteiger partial charge >= 0.3 is 0 Å². The van der Waals surface area contributed by atoms with Crippen LogP contribution in [-0.4, -0.2) is 32.2 Å². The van der Waals surface area contributed by atoms with Crippen LogP contribution in [0.4, 0.5) is 0 Å². The maximum atomic E-state index is 5.18. The zero-order chi connectivity index (χ0) is 7.84. The van der Waals surface area contributed by atoms with Crippen molar-refractivity contribution < 1.29 is 9.47 Å². The number of methoxy groups -OCH3 is 2. The molecule has 3 aliphatic heterocycles. The van der Waals surface area contributed by atoms with E-state index < -0.39 is 0 Å². The number of rotatable bonds is 2. The number of hydrogen-bond donors (Lipinski definition) is 0. The quantitative estimate of drug-likeness (QED) is 0.583. The fourth-order valence-electron chi connectivity index (χ4n) is 1.46. The molecule has 0 aromatic rings. The highest BCUT2D eigenvalue weighted by atomic mass is 16.5. The first-order valence-electron chi connectivity index (χ1n) is 3.62. The second-order valence-corrected chi connectivity index (χ2v) is 2.74. The average Bonchev–Trinajstić information content (AvgIpc) is 2.01. The molecular weight excluding hydrogens is 142 g/mol. The number of hydrogen-bond acceptors (Lipinski definition) is 3. The van der Waals surface area contributed by atoms with Gasteiger partial charge in [0.15, 0.2) is 5.76 Å². The van der Waals surface area contributed by atoms with Crippen molar-refractivity contribution >= 4 is 0 Å². The molecule has 0 aromatic carbocycles. The Labute approximate surface area is 65.9 Å². The van der Waals surface area contributed by atoms with Gasteiger partial charge in [0.05, 0.1) is 14.2 Å². The highest BCUT2D eigenvalue weighted by Crippen LogP contribution is 2.30. The number of ether oxygens (including phenoxy) is 2. The number of fused-ring (bicyclic) bond motifs is 1. The van der Waals surface area contributed by atoms with Crippen molar-refractivity contribution in [2.45, 2.75) is 0 Å². The predicted octanol–water partition coefficient (Wildman–Crippen LogP) is 0.704. The second-order valence-electron chi connectivity index (χ2n) is 2.74. The van der Waals surface area contributed by atoms with Gasteiger partial charge in [0.25, 0.3) is 0 Å². The third-order valence-corrected chi connectivity index (χ3v) is 2.03. The largest absolute Gasteiger partial charge is 0.491 e. The van der Waals surface area contributed by atoms with Crippen molar-refractivity contribution in [3.05, 3.63) is 23.3 Å². The van der Waals surface area contributed by atoms with Crippen LogP contribution in [0, 0.1) is 0 Å². The van der Waals surface area contributed by atoms with Gasteiger partial charge in [0.2, 0.25) is 5.88 Å². The lowest BCUT2D eigenvalue weighted by molar-refractivity contribution is 0.104. The Hall–Kier alpha value is -1.12. The molecule has 0 N–H and O–H groups in total. The van der Waals surface area contributed by atoms with E-state index in [4.69, 9.17) is 9.47 Å². The summed E-state index contributed by atoms with van der Waals surface area (Å²) in [7, 11) is 3.34. The van der Waals surface area contributed by atoms with Crippen LogP contribution in [0.25, 0.3) is 0 Å². The molecule has 3 heterocycles. The molecule has 1 saturated heterocycles. The van der Waals surface area contributed by atoms with Gasteiger partial charge in [-0.3, -0.25) is 0 Å². The van der Waals surface area contributed by atoms with E-state index in [9.17, 15) is 0 Å². The first kappa shape index (κ1) is 6.58. The molecule has 60 valence electrons. The van der Waals surface area contributed by atoms with Crippen LogP contribution < -0.4 is 0 Å². The van der Waals surface area contributed by atoms with Crippen molar-refractivity contribution in [2.24, 2.45) is 0 Å². The van der Waals surface area contributed by atoms with Crippen LogP contribution in [0.15, 0.2) is 23.3 Å². The summed E-state index contributed by atoms with van der Waals surface area (Å²) in [6.07, 6.45) is 2.05. The van der Waals surface area contributed by atoms with E-state index in [-0.39, 0.29) is 0 Å². The topological polar surface area (TPSA) is 21.7 Å². The fraction of sp³-hybridized carbons (Fsp3) is 0.500. The molecule has 3 heteroatoms. The Morgan fingerprint density at radius 1 is 1.27 bits per heavy atom. The highest BCUT2D eigenvalue weighted by Gasteiger charge is 2.30. The normalized spacial score (nSPS) is 20.9. The minimum atomic E-state index is 0.847. The molecule has 1 fully saturated rings. The summed E-state index contributed by atoms with van der Waals surface area (Å²) >= 11 is 0. The average molecular weight is 153 g/mol. The van der Waals surface area contributed by atoms with Gasteiger partial charge < -0.3 is 14.4 Å². The van der Waals surface area contributed by atoms with Crippen molar-refractivity contribution in [2.75, 3.05) is 27.3 Å². The molecule has 3 rings (SSSR count). The Bertz CT molecular complexity index is 234. The first-order chi connectivity index (χ1) is 5.35. The van der Waals surface area contributed by atoms with Crippen molar-refractivity contribution in [1.82, 2.24) is 4.90 Å². The summed E-state index contributed by atoms with van der Waals surface area (Å²) in [6.45, 7) is 2.02. The Morgan fingerprint density at radius 3 is 2.45 bits per heavy atom. The van der Waals surface area contributed by atoms with Gasteiger partial charge in [-0.05, 0) is 11.6 Å². The molecule has 0 aliphatic carbocycles. The molecule has 3 nitrogen and oxygen atoms in total. The van der Waals surface area contributed by atoms with Crippen molar-refractivity contribution in [3.63, 3.8) is 0 Å². The SMILES string of the molecule is COC1=C(OC)N2CC(=C1)C2. The summed E-state index contributed by atoms with van der Waals surface area (Å²) in [5.74, 6) is 1.71. The van der Waals surface area contributed by atoms with Crippen LogP contribution in [0.5, 0.6) is 0 Å². The first-order valence-corrected chi connectivity index (χ1v) is 3.62. The lowest BCUT2D eigenvalue weighted by Gasteiger charge is -2.40. The highest BCUT2D eigenvalue weighted by molar-refractivity contribution is 5.35. The molecule has 0 unspecified atom stereocenters. The van der Waals surface area contributed by atoms with Gasteiger partial charge in [-0.15, -0.1) is 0 Å². The van der Waals surface area contributed by atoms with Crippen LogP contribution in [0.1, 0.15) is 0 Å². The Morgan fingerprint density at radius 2 is 2.00 bits per heavy atom. The molecule has 11 heavy (non-hydrogen) atoms. The molecule has 2 bridgehead atoms. The number of nitrogens with zero attached hydrogens (tertiary/aromatic N) is 1. The van der Waals surface area contributed by atoms with E-state index in [2.05, 4.69) is 11.0 Å². The van der Waals surface area contributed by atoms with Gasteiger partial charge in [-0.2, -0.15) is 0 Å². The molecule has 0 atom stereocenters. The minimum Gasteiger partial charge on any atom is -0.491 e. The van der Waals surface area contributed by atoms with Gasteiger partial charge in [-0.25, -0.2) is 0 Å². The standard InChI is InChI=1S/C8H11NO2/c1-10-7-3-6-4-9(5-6)8(7)11-2/h3H,4-5H2,1-2H3. The molecule has 0 saturated carbocycles. The van der Waals surface area contributed by atoms with Gasteiger partial charge in [0, 0.05) is 13.1 Å². The van der Waals surface area contributed by atoms with Gasteiger partial charge in [-0.1, -0.05) is 0 Å². The monoisotopic (exact) mass is 153 g/mol. The minimum absolute atomic E-state index is 0.847. The summed E-state index contributed by atoms with van der Waals surface area (Å²) in [5, 5.41) is 0. The van der Waals surface area contributed by atoms with Crippen LogP contribution in [0.2, 0.25) is 0 Å². The van der Waals surface area contributed by atoms with Crippen molar-refractivity contribution in [3.8, 4) is 0 Å². The van der Waals surface area contributed by atoms with E-state index in [1.165, 1.54) is 5.57 Å². The van der Waals surface area contributed by atoms with Crippen LogP contribution in [-0.2, 0) is 9.47 Å². The zero-order valence-electron chi connectivity index (χ0n) is 6.76. The molecule has 0 radical (unpaired) electrons. The van der Waals surface area contributed by atoms with Crippen molar-refractivity contribution in [1.29, 1.82) is 0 Å². The molecule has 0 amide bonds. The smallest absolute Gasteiger partial charge is 0.233 e. The lowest BCUT2D eigenvalue weighted by atomic mass is 10.0. The van der Waals surface area contributed by atoms with E-state index >= 15 is 0 Å². The summed E-state index contributed by atoms with van der Waals surface area (Å²) < 4.78 is 10.3. The van der Waals surface area contributed by atoms with E-state index in [0.717, 1.165) is 24.7 Å². The maximum Gasteiger partial charge on any atom is 0.233 e. The van der Waals surface area contributed by atoms with E-state index in [1.807, 2.05) is 0 Å². The van der Waals surface area contributed by atoms with E-state index in [0.29, 0.717) is 0 Å². The summed E-state index contributed by atoms with van der Waals surface area (Å²) in [4.78, 5) is 2.15. The predicted molar refractivity (Wildman–Crippen MR) is 40.7 cm³/mol. The van der Waals surface area contributed by atoms with E-state index in [1.54, 1.807) is 14.2 Å². The summed E-state index contributed by atoms with van der Waals surface area (Å²) in [5.41, 5.74) is 1.42. The fourth-order valence-corrected chi connectivity index (χ4v) is 1.46. The van der Waals surface area contributed by atoms with Crippen LogP contribution in [0.3, 0.4) is 0 Å². The Kier molecular flexibility index (Phi) is 1.31.